The van der Waals surface area contributed by atoms with Gasteiger partial charge >= 0.3 is 0 Å². The van der Waals surface area contributed by atoms with E-state index in [9.17, 15) is 9.18 Å². The van der Waals surface area contributed by atoms with E-state index >= 15 is 0 Å². The molecule has 1 unspecified atom stereocenters. The number of carbonyl (C=O) groups excluding carboxylic acids is 1. The van der Waals surface area contributed by atoms with Gasteiger partial charge in [-0.1, -0.05) is 0 Å². The Kier molecular flexibility index (Phi) is 3.79. The first-order chi connectivity index (χ1) is 12.1. The lowest BCUT2D eigenvalue weighted by Crippen LogP contribution is -2.37. The zero-order chi connectivity index (χ0) is 17.4. The van der Waals surface area contributed by atoms with Gasteiger partial charge in [0.1, 0.15) is 11.9 Å². The third-order valence-electron chi connectivity index (χ3n) is 4.36. The van der Waals surface area contributed by atoms with E-state index in [1.54, 1.807) is 22.0 Å². The maximum absolute atomic E-state index is 14.1. The predicted octanol–water partition coefficient (Wildman–Crippen LogP) is 1.79. The summed E-state index contributed by atoms with van der Waals surface area (Å²) in [6, 6.07) is 2.29. The molecule has 0 N–H and O–H groups in total. The second kappa shape index (κ2) is 6.12. The second-order valence-electron chi connectivity index (χ2n) is 6.01. The number of hydrogen-bond acceptors (Lipinski definition) is 4. The van der Waals surface area contributed by atoms with Gasteiger partial charge in [0, 0.05) is 50.5 Å². The Morgan fingerprint density at radius 1 is 1.28 bits per heavy atom. The van der Waals surface area contributed by atoms with E-state index in [4.69, 9.17) is 0 Å². The molecule has 1 amide bonds. The first kappa shape index (κ1) is 15.5. The number of hydrogen-bond donors (Lipinski definition) is 0. The van der Waals surface area contributed by atoms with E-state index in [1.165, 1.54) is 18.3 Å². The highest BCUT2D eigenvalue weighted by Gasteiger charge is 2.34. The minimum absolute atomic E-state index is 0.170. The molecule has 128 valence electrons. The maximum Gasteiger partial charge on any atom is 0.276 e. The molecule has 0 radical (unpaired) electrons. The summed E-state index contributed by atoms with van der Waals surface area (Å²) >= 11 is 0. The minimum atomic E-state index is -0.620. The number of nitrogens with zero attached hydrogens (tertiary/aromatic N) is 6. The fraction of sp³-hybridized carbons (Fsp3) is 0.294. The average Bonchev–Trinajstić information content (AvgIpc) is 3.20. The highest BCUT2D eigenvalue weighted by Crippen LogP contribution is 2.31. The fourth-order valence-corrected chi connectivity index (χ4v) is 3.25. The quantitative estimate of drug-likeness (QED) is 0.713. The van der Waals surface area contributed by atoms with Crippen LogP contribution in [-0.4, -0.2) is 41.7 Å². The van der Waals surface area contributed by atoms with Gasteiger partial charge in [0.25, 0.3) is 5.91 Å². The SMILES string of the molecule is Cn1cc(C2c3nccn3CCCN2C(=O)c2ncccc2F)cn1. The Morgan fingerprint density at radius 2 is 2.16 bits per heavy atom. The lowest BCUT2D eigenvalue weighted by atomic mass is 10.1. The molecular weight excluding hydrogens is 323 g/mol. The number of rotatable bonds is 2. The van der Waals surface area contributed by atoms with Gasteiger partial charge in [-0.15, -0.1) is 0 Å². The summed E-state index contributed by atoms with van der Waals surface area (Å²) < 4.78 is 17.8. The van der Waals surface area contributed by atoms with Crippen LogP contribution in [0, 0.1) is 5.82 Å². The van der Waals surface area contributed by atoms with Crippen LogP contribution in [0.5, 0.6) is 0 Å². The number of aromatic nitrogens is 5. The lowest BCUT2D eigenvalue weighted by molar-refractivity contribution is 0.0695. The molecular formula is C17H17FN6O. The Labute approximate surface area is 143 Å². The molecule has 25 heavy (non-hydrogen) atoms. The molecule has 8 heteroatoms. The number of carbonyl (C=O) groups is 1. The van der Waals surface area contributed by atoms with Crippen LogP contribution in [0.25, 0.3) is 0 Å². The van der Waals surface area contributed by atoms with Crippen molar-refractivity contribution < 1.29 is 9.18 Å². The van der Waals surface area contributed by atoms with Gasteiger partial charge in [0.2, 0.25) is 0 Å². The van der Waals surface area contributed by atoms with E-state index in [-0.39, 0.29) is 5.69 Å². The summed E-state index contributed by atoms with van der Waals surface area (Å²) in [5.41, 5.74) is 0.665. The Morgan fingerprint density at radius 3 is 2.92 bits per heavy atom. The predicted molar refractivity (Wildman–Crippen MR) is 87.1 cm³/mol. The average molecular weight is 340 g/mol. The normalized spacial score (nSPS) is 17.2. The molecule has 0 aromatic carbocycles. The van der Waals surface area contributed by atoms with Crippen molar-refractivity contribution in [3.05, 3.63) is 66.0 Å². The van der Waals surface area contributed by atoms with Gasteiger partial charge < -0.3 is 9.47 Å². The summed E-state index contributed by atoms with van der Waals surface area (Å²) in [5.74, 6) is -0.316. The first-order valence-corrected chi connectivity index (χ1v) is 8.06. The number of halogens is 1. The topological polar surface area (TPSA) is 68.8 Å². The van der Waals surface area contributed by atoms with Gasteiger partial charge in [0.05, 0.1) is 6.20 Å². The third-order valence-corrected chi connectivity index (χ3v) is 4.36. The van der Waals surface area contributed by atoms with Gasteiger partial charge in [0.15, 0.2) is 11.5 Å². The van der Waals surface area contributed by atoms with Crippen molar-refractivity contribution in [2.75, 3.05) is 6.54 Å². The van der Waals surface area contributed by atoms with E-state index in [0.29, 0.717) is 6.54 Å². The summed E-state index contributed by atoms with van der Waals surface area (Å²) in [5, 5.41) is 4.22. The molecule has 0 spiro atoms. The standard InChI is InChI=1S/C17H17FN6O/c1-22-11-12(10-21-22)15-16-20-6-9-23(16)7-3-8-24(15)17(25)14-13(18)4-2-5-19-14/h2,4-6,9-11,15H,3,7-8H2,1H3. The van der Waals surface area contributed by atoms with Crippen LogP contribution >= 0.6 is 0 Å². The van der Waals surface area contributed by atoms with Crippen LogP contribution in [0.2, 0.25) is 0 Å². The van der Waals surface area contributed by atoms with Crippen LogP contribution in [0.1, 0.15) is 34.3 Å². The summed E-state index contributed by atoms with van der Waals surface area (Å²) in [6.45, 7) is 1.23. The van der Waals surface area contributed by atoms with Crippen molar-refractivity contribution in [3.8, 4) is 0 Å². The van der Waals surface area contributed by atoms with Crippen molar-refractivity contribution in [1.29, 1.82) is 0 Å². The van der Waals surface area contributed by atoms with Gasteiger partial charge in [-0.25, -0.2) is 14.4 Å². The van der Waals surface area contributed by atoms with Gasteiger partial charge in [-0.2, -0.15) is 5.10 Å². The molecule has 3 aromatic rings. The van der Waals surface area contributed by atoms with Crippen LogP contribution in [0.15, 0.2) is 43.1 Å². The van der Waals surface area contributed by atoms with Crippen LogP contribution in [0.3, 0.4) is 0 Å². The molecule has 0 saturated carbocycles. The number of imidazole rings is 1. The highest BCUT2D eigenvalue weighted by atomic mass is 19.1. The minimum Gasteiger partial charge on any atom is -0.333 e. The van der Waals surface area contributed by atoms with Crippen molar-refractivity contribution in [2.24, 2.45) is 7.05 Å². The largest absolute Gasteiger partial charge is 0.333 e. The van der Waals surface area contributed by atoms with Crippen LogP contribution in [0.4, 0.5) is 4.39 Å². The lowest BCUT2D eigenvalue weighted by Gasteiger charge is -2.28. The summed E-state index contributed by atoms with van der Waals surface area (Å²) in [7, 11) is 1.82. The highest BCUT2D eigenvalue weighted by molar-refractivity contribution is 5.93. The fourth-order valence-electron chi connectivity index (χ4n) is 3.25. The van der Waals surface area contributed by atoms with E-state index in [2.05, 4.69) is 15.1 Å². The smallest absolute Gasteiger partial charge is 0.276 e. The molecule has 3 aromatic heterocycles. The summed E-state index contributed by atoms with van der Waals surface area (Å²) in [6.07, 6.45) is 9.35. The number of aryl methyl sites for hydroxylation is 2. The number of fused-ring (bicyclic) bond motifs is 1. The first-order valence-electron chi connectivity index (χ1n) is 8.06. The molecule has 1 atom stereocenters. The van der Waals surface area contributed by atoms with Crippen molar-refractivity contribution in [1.82, 2.24) is 29.2 Å². The monoisotopic (exact) mass is 340 g/mol. The molecule has 0 aliphatic carbocycles. The zero-order valence-corrected chi connectivity index (χ0v) is 13.7. The molecule has 1 aliphatic heterocycles. The molecule has 4 heterocycles. The molecule has 7 nitrogen and oxygen atoms in total. The van der Waals surface area contributed by atoms with E-state index in [1.807, 2.05) is 24.0 Å². The van der Waals surface area contributed by atoms with E-state index in [0.717, 1.165) is 24.4 Å². The third kappa shape index (κ3) is 2.69. The molecule has 4 rings (SSSR count). The Balaban J connectivity index is 1.82. The molecule has 0 bridgehead atoms. The summed E-state index contributed by atoms with van der Waals surface area (Å²) in [4.78, 5) is 23.1. The number of pyridine rings is 1. The second-order valence-corrected chi connectivity index (χ2v) is 6.01. The molecule has 0 fully saturated rings. The molecule has 0 saturated heterocycles. The number of amides is 1. The van der Waals surface area contributed by atoms with Crippen molar-refractivity contribution in [2.45, 2.75) is 19.0 Å². The maximum atomic E-state index is 14.1. The van der Waals surface area contributed by atoms with Gasteiger partial charge in [-0.3, -0.25) is 9.48 Å². The molecule has 1 aliphatic rings. The van der Waals surface area contributed by atoms with Crippen molar-refractivity contribution in [3.63, 3.8) is 0 Å². The van der Waals surface area contributed by atoms with Crippen LogP contribution in [-0.2, 0) is 13.6 Å². The van der Waals surface area contributed by atoms with Crippen LogP contribution < -0.4 is 0 Å². The zero-order valence-electron chi connectivity index (χ0n) is 13.7. The Bertz CT molecular complexity index is 917. The Hall–Kier alpha value is -3.03. The van der Waals surface area contributed by atoms with E-state index < -0.39 is 17.8 Å². The van der Waals surface area contributed by atoms with Crippen molar-refractivity contribution >= 4 is 5.91 Å². The van der Waals surface area contributed by atoms with Gasteiger partial charge in [-0.05, 0) is 18.6 Å².